The van der Waals surface area contributed by atoms with E-state index in [0.717, 1.165) is 41.2 Å². The number of carboxylic acids is 1. The van der Waals surface area contributed by atoms with E-state index in [4.69, 9.17) is 14.9 Å². The molecular weight excluding hydrogens is 541 g/mol. The molecule has 0 spiro atoms. The van der Waals surface area contributed by atoms with Gasteiger partial charge in [0.15, 0.2) is 0 Å². The molecule has 4 N–H and O–H groups in total. The lowest BCUT2D eigenvalue weighted by molar-refractivity contribution is -0.192. The Labute approximate surface area is 222 Å². The Kier molecular flexibility index (Phi) is 9.66. The first-order valence-electron chi connectivity index (χ1n) is 11.4. The number of para-hydroxylation sites is 1. The number of aliphatic carboxylic acids is 1. The number of aryl methyl sites for hydroxylation is 1. The number of rotatable bonds is 9. The third-order valence-electron chi connectivity index (χ3n) is 5.26. The van der Waals surface area contributed by atoms with Crippen LogP contribution in [0, 0.1) is 6.92 Å². The summed E-state index contributed by atoms with van der Waals surface area (Å²) in [6.07, 6.45) is -3.15. The first kappa shape index (κ1) is 29.3. The lowest BCUT2D eigenvalue weighted by atomic mass is 10.1. The highest BCUT2D eigenvalue weighted by Crippen LogP contribution is 2.34. The Bertz CT molecular complexity index is 1480. The topological polar surface area (TPSA) is 124 Å². The molecule has 204 valence electrons. The van der Waals surface area contributed by atoms with Crippen molar-refractivity contribution in [1.82, 2.24) is 20.0 Å². The van der Waals surface area contributed by atoms with Gasteiger partial charge in [-0.25, -0.2) is 22.9 Å². The summed E-state index contributed by atoms with van der Waals surface area (Å²) >= 11 is 1.73. The molecule has 2 aromatic heterocycles. The fraction of sp³-hybridized carbons (Fsp3) is 0.280. The molecule has 4 rings (SSSR count). The number of hydrogen-bond donors (Lipinski definition) is 4. The van der Waals surface area contributed by atoms with Gasteiger partial charge in [-0.2, -0.15) is 13.2 Å². The highest BCUT2D eigenvalue weighted by atomic mass is 32.2. The van der Waals surface area contributed by atoms with E-state index in [2.05, 4.69) is 70.5 Å². The number of aromatic amines is 1. The second kappa shape index (κ2) is 12.5. The third kappa shape index (κ3) is 8.65. The third-order valence-corrected chi connectivity index (χ3v) is 7.13. The number of fused-ring (bicyclic) bond motifs is 1. The number of imidazole rings is 1. The number of aromatic nitrogens is 2. The maximum absolute atomic E-state index is 11.0. The van der Waals surface area contributed by atoms with Gasteiger partial charge < -0.3 is 15.4 Å². The monoisotopic (exact) mass is 568 g/mol. The predicted molar refractivity (Wildman–Crippen MR) is 142 cm³/mol. The molecule has 38 heavy (non-hydrogen) atoms. The summed E-state index contributed by atoms with van der Waals surface area (Å²) < 4.78 is 56.3. The lowest BCUT2D eigenvalue weighted by Gasteiger charge is -2.06. The molecule has 0 aliphatic rings. The molecule has 4 aromatic rings. The molecular formula is C25H27F3N4O4S2. The van der Waals surface area contributed by atoms with Crippen LogP contribution in [0.1, 0.15) is 17.5 Å². The molecule has 0 fully saturated rings. The van der Waals surface area contributed by atoms with Gasteiger partial charge in [0.1, 0.15) is 5.82 Å². The number of thiophene rings is 1. The molecule has 0 amide bonds. The van der Waals surface area contributed by atoms with Gasteiger partial charge >= 0.3 is 12.1 Å². The number of nitrogens with zero attached hydrogens (tertiary/aromatic N) is 1. The Morgan fingerprint density at radius 3 is 2.32 bits per heavy atom. The van der Waals surface area contributed by atoms with Crippen LogP contribution in [0.5, 0.6) is 0 Å². The van der Waals surface area contributed by atoms with Crippen LogP contribution in [0.15, 0.2) is 54.6 Å². The van der Waals surface area contributed by atoms with Gasteiger partial charge in [0.25, 0.3) is 0 Å². The maximum atomic E-state index is 11.0. The van der Waals surface area contributed by atoms with Gasteiger partial charge in [0.2, 0.25) is 10.0 Å². The largest absolute Gasteiger partial charge is 0.490 e. The molecule has 0 saturated heterocycles. The average Bonchev–Trinajstić information content (AvgIpc) is 3.49. The van der Waals surface area contributed by atoms with Crippen molar-refractivity contribution in [3.8, 4) is 21.1 Å². The molecule has 2 aromatic carbocycles. The van der Waals surface area contributed by atoms with E-state index < -0.39 is 22.2 Å². The highest BCUT2D eigenvalue weighted by Gasteiger charge is 2.38. The van der Waals surface area contributed by atoms with Crippen molar-refractivity contribution in [2.24, 2.45) is 0 Å². The van der Waals surface area contributed by atoms with Crippen LogP contribution in [0.25, 0.3) is 32.2 Å². The summed E-state index contributed by atoms with van der Waals surface area (Å²) in [5.41, 5.74) is 5.65. The quantitative estimate of drug-likeness (QED) is 0.212. The van der Waals surface area contributed by atoms with Crippen LogP contribution in [-0.4, -0.2) is 55.0 Å². The van der Waals surface area contributed by atoms with Gasteiger partial charge in [-0.3, -0.25) is 0 Å². The minimum absolute atomic E-state index is 0.455. The van der Waals surface area contributed by atoms with E-state index in [1.165, 1.54) is 27.8 Å². The Balaban J connectivity index is 0.000000505. The number of carboxylic acid groups (broad SMARTS) is 1. The van der Waals surface area contributed by atoms with Crippen molar-refractivity contribution in [2.75, 3.05) is 19.3 Å². The normalized spacial score (nSPS) is 11.8. The molecule has 0 atom stereocenters. The summed E-state index contributed by atoms with van der Waals surface area (Å²) in [5.74, 6) is -1.85. The Morgan fingerprint density at radius 2 is 1.71 bits per heavy atom. The van der Waals surface area contributed by atoms with Crippen molar-refractivity contribution in [2.45, 2.75) is 26.1 Å². The van der Waals surface area contributed by atoms with Crippen molar-refractivity contribution >= 4 is 38.4 Å². The van der Waals surface area contributed by atoms with E-state index >= 15 is 0 Å². The van der Waals surface area contributed by atoms with E-state index in [9.17, 15) is 21.6 Å². The van der Waals surface area contributed by atoms with Crippen molar-refractivity contribution in [1.29, 1.82) is 0 Å². The second-order valence-electron chi connectivity index (χ2n) is 8.42. The molecule has 8 nitrogen and oxygen atoms in total. The number of benzene rings is 2. The predicted octanol–water partition coefficient (Wildman–Crippen LogP) is 4.93. The SMILES string of the molecule is Cc1cccc2[nH]c(-c3ccc(-c4ccc(CNCCCNS(C)(=O)=O)cc4)s3)nc12.O=C(O)C(F)(F)F. The van der Waals surface area contributed by atoms with Crippen molar-refractivity contribution < 1.29 is 31.5 Å². The number of nitrogens with one attached hydrogen (secondary N) is 3. The second-order valence-corrected chi connectivity index (χ2v) is 11.3. The first-order chi connectivity index (χ1) is 17.8. The Morgan fingerprint density at radius 1 is 1.05 bits per heavy atom. The van der Waals surface area contributed by atoms with Crippen LogP contribution in [-0.2, 0) is 21.4 Å². The average molecular weight is 569 g/mol. The van der Waals surface area contributed by atoms with Crippen LogP contribution >= 0.6 is 11.3 Å². The number of H-pyrrole nitrogens is 1. The van der Waals surface area contributed by atoms with Gasteiger partial charge in [0, 0.05) is 18.0 Å². The number of sulfonamides is 1. The van der Waals surface area contributed by atoms with E-state index in [-0.39, 0.29) is 0 Å². The van der Waals surface area contributed by atoms with Crippen molar-refractivity contribution in [3.63, 3.8) is 0 Å². The van der Waals surface area contributed by atoms with Gasteiger partial charge in [0.05, 0.1) is 22.2 Å². The molecule has 0 aliphatic carbocycles. The molecule has 0 bridgehead atoms. The standard InChI is InChI=1S/C23H26N4O2S2.C2HF3O2/c1-16-5-3-6-19-22(16)27-23(26-19)21-12-11-20(30-21)18-9-7-17(8-10-18)15-24-13-4-14-25-31(2,28)29;3-2(4,5)1(6)7/h3,5-12,24-25H,4,13-15H2,1-2H3,(H,26,27);(H,6,7). The van der Waals surface area contributed by atoms with Crippen molar-refractivity contribution in [3.05, 3.63) is 65.7 Å². The fourth-order valence-corrected chi connectivity index (χ4v) is 4.87. The summed E-state index contributed by atoms with van der Waals surface area (Å²) in [6.45, 7) is 4.05. The van der Waals surface area contributed by atoms with Gasteiger partial charge in [-0.1, -0.05) is 36.4 Å². The molecule has 0 aliphatic heterocycles. The molecule has 13 heteroatoms. The van der Waals surface area contributed by atoms with Crippen LogP contribution in [0.3, 0.4) is 0 Å². The number of hydrogen-bond acceptors (Lipinski definition) is 6. The zero-order valence-electron chi connectivity index (χ0n) is 20.6. The summed E-state index contributed by atoms with van der Waals surface area (Å²) in [4.78, 5) is 19.4. The smallest absolute Gasteiger partial charge is 0.475 e. The number of alkyl halides is 3. The number of halogens is 3. The van der Waals surface area contributed by atoms with Gasteiger partial charge in [-0.05, 0) is 54.8 Å². The van der Waals surface area contributed by atoms with E-state index in [1.807, 2.05) is 6.07 Å². The van der Waals surface area contributed by atoms with Gasteiger partial charge in [-0.15, -0.1) is 11.3 Å². The molecule has 0 unspecified atom stereocenters. The molecule has 2 heterocycles. The zero-order valence-corrected chi connectivity index (χ0v) is 22.2. The maximum Gasteiger partial charge on any atom is 0.490 e. The minimum Gasteiger partial charge on any atom is -0.475 e. The summed E-state index contributed by atoms with van der Waals surface area (Å²) in [6, 6.07) is 19.0. The zero-order chi connectivity index (χ0) is 27.9. The molecule has 0 radical (unpaired) electrons. The summed E-state index contributed by atoms with van der Waals surface area (Å²) in [5, 5.41) is 10.5. The fourth-order valence-electron chi connectivity index (χ4n) is 3.40. The highest BCUT2D eigenvalue weighted by molar-refractivity contribution is 7.88. The van der Waals surface area contributed by atoms with Crippen LogP contribution in [0.4, 0.5) is 13.2 Å². The van der Waals surface area contributed by atoms with E-state index in [1.54, 1.807) is 11.3 Å². The number of carbonyl (C=O) groups is 1. The van der Waals surface area contributed by atoms with E-state index in [0.29, 0.717) is 6.54 Å². The van der Waals surface area contributed by atoms with Crippen LogP contribution in [0.2, 0.25) is 0 Å². The lowest BCUT2D eigenvalue weighted by Crippen LogP contribution is -2.26. The molecule has 0 saturated carbocycles. The minimum atomic E-state index is -5.08. The summed E-state index contributed by atoms with van der Waals surface area (Å²) in [7, 11) is -3.10. The Hall–Kier alpha value is -3.26. The van der Waals surface area contributed by atoms with Crippen LogP contribution < -0.4 is 10.0 Å². The first-order valence-corrected chi connectivity index (χ1v) is 14.1.